The predicted octanol–water partition coefficient (Wildman–Crippen LogP) is 34.4. The quantitative estimate of drug-likeness (QED) is 0.0375. The monoisotopic (exact) mass is 1790 g/mol. The van der Waals surface area contributed by atoms with Crippen LogP contribution in [0.15, 0.2) is 303 Å². The van der Waals surface area contributed by atoms with E-state index >= 15 is 0 Å². The molecule has 2 N–H and O–H groups in total. The lowest BCUT2D eigenvalue weighted by Crippen LogP contribution is -2.02. The first kappa shape index (κ1) is 84.1. The summed E-state index contributed by atoms with van der Waals surface area (Å²) in [5.41, 5.74) is 27.3. The molecular formula is C130H106N4O4. The molecule has 20 aromatic carbocycles. The molecule has 0 amide bonds. The lowest BCUT2D eigenvalue weighted by molar-refractivity contribution is 0.292. The second-order valence-corrected chi connectivity index (χ2v) is 39.0. The number of benzene rings is 20. The molecule has 0 saturated carbocycles. The van der Waals surface area contributed by atoms with Crippen molar-refractivity contribution in [3.63, 3.8) is 0 Å². The Morgan fingerprint density at radius 2 is 0.435 bits per heavy atom. The molecule has 0 radical (unpaired) electrons. The fraction of sp³-hybridized carbons (Fsp3) is 0.169. The van der Waals surface area contributed by atoms with Crippen molar-refractivity contribution in [3.8, 4) is 67.5 Å². The smallest absolute Gasteiger partial charge is 0.123 e. The molecule has 138 heavy (non-hydrogen) atoms. The maximum atomic E-state index is 7.11. The van der Waals surface area contributed by atoms with Crippen LogP contribution in [0, 0.1) is 41.5 Å². The highest BCUT2D eigenvalue weighted by Crippen LogP contribution is 2.48. The third kappa shape index (κ3) is 15.2. The van der Waals surface area contributed by atoms with E-state index in [1.807, 2.05) is 0 Å². The van der Waals surface area contributed by atoms with Crippen molar-refractivity contribution in [1.82, 2.24) is 19.9 Å². The average molecular weight is 1790 g/mol. The minimum atomic E-state index is 0.521. The Kier molecular flexibility index (Phi) is 21.3. The van der Waals surface area contributed by atoms with Gasteiger partial charge in [-0.15, -0.1) is 0 Å². The van der Waals surface area contributed by atoms with Crippen LogP contribution in [0.25, 0.3) is 220 Å². The van der Waals surface area contributed by atoms with Gasteiger partial charge in [0.05, 0.1) is 49.2 Å². The zero-order chi connectivity index (χ0) is 92.3. The molecule has 2 aliphatic heterocycles. The highest BCUT2D eigenvalue weighted by molar-refractivity contribution is 6.27. The average Bonchev–Trinajstić information content (AvgIpc) is 1.32. The van der Waals surface area contributed by atoms with Crippen LogP contribution in [-0.2, 0) is 25.7 Å². The zero-order valence-corrected chi connectivity index (χ0v) is 79.0. The van der Waals surface area contributed by atoms with Gasteiger partial charge < -0.3 is 28.9 Å². The number of ether oxygens (including phenoxy) is 4. The number of rotatable bonds is 28. The van der Waals surface area contributed by atoms with Crippen LogP contribution < -0.4 is 18.9 Å². The number of nitrogens with one attached hydrogen (secondary N) is 2. The number of aromatic amines is 2. The van der Waals surface area contributed by atoms with E-state index in [4.69, 9.17) is 28.9 Å². The Morgan fingerprint density at radius 3 is 0.696 bits per heavy atom. The third-order valence-electron chi connectivity index (χ3n) is 29.9. The van der Waals surface area contributed by atoms with Gasteiger partial charge in [0.25, 0.3) is 0 Å². The molecular weight excluding hydrogens is 1680 g/mol. The molecule has 0 fully saturated rings. The molecule has 8 heteroatoms. The number of fused-ring (bicyclic) bond motifs is 8. The zero-order valence-electron chi connectivity index (χ0n) is 79.0. The van der Waals surface area contributed by atoms with E-state index in [9.17, 15) is 0 Å². The lowest BCUT2D eigenvalue weighted by Gasteiger charge is -2.15. The number of nitrogens with zero attached hydrogens (tertiary/aromatic N) is 2. The Balaban J connectivity index is 0.602. The molecule has 0 unspecified atom stereocenters. The van der Waals surface area contributed by atoms with Gasteiger partial charge in [-0.2, -0.15) is 0 Å². The molecule has 0 atom stereocenters. The van der Waals surface area contributed by atoms with Crippen LogP contribution in [-0.4, -0.2) is 46.4 Å². The molecule has 5 heterocycles. The molecule has 3 aromatic heterocycles. The SMILES string of the molecule is Cc1cc(C)c(-c2c3nc(c(-c4cc(OCCCCc5ccc6ccc7cccc8ccc5c6c78)cc(OCCCCc5ccc6ccc7cccc8ccc5c6c78)c4)c4ccc([nH]4)c(-c4c(C)cc(C)cc4C)c4nc(c(-c5cc(OCCCCc6ccc7ccc8cccc9ccc6c7c89)cc(OCCCCc6ccc7ccc8cccc9ccc6c7c89)c5)c5ccc2[nH]5)C=C4)C=C3)c(C)c1. The van der Waals surface area contributed by atoms with E-state index in [1.54, 1.807) is 0 Å². The van der Waals surface area contributed by atoms with Gasteiger partial charge in [-0.3, -0.25) is 0 Å². The van der Waals surface area contributed by atoms with Gasteiger partial charge >= 0.3 is 0 Å². The fourth-order valence-corrected chi connectivity index (χ4v) is 23.7. The Morgan fingerprint density at radius 1 is 0.210 bits per heavy atom. The minimum absolute atomic E-state index is 0.521. The number of hydrogen-bond acceptors (Lipinski definition) is 6. The Hall–Kier alpha value is -15.6. The van der Waals surface area contributed by atoms with Crippen LogP contribution in [0.4, 0.5) is 0 Å². The topological polar surface area (TPSA) is 94.3 Å². The summed E-state index contributed by atoms with van der Waals surface area (Å²) in [6.45, 7) is 15.4. The lowest BCUT2D eigenvalue weighted by atomic mass is 9.91. The summed E-state index contributed by atoms with van der Waals surface area (Å²) in [6, 6.07) is 113. The van der Waals surface area contributed by atoms with E-state index < -0.39 is 0 Å². The standard InChI is InChI=1S/C130H106N4O4/c1-77-67-79(3)117(80(4)68-77)129-113-59-55-109(131-113)127(99-71-101(135-63-11-7-19-83-31-35-95-43-39-87-23-15-27-91-47-51-105(83)123(95)119(87)91)75-102(72-99)136-64-12-8-20-84-32-36-96-44-40-88-24-16-28-92-48-52-106(84)124(96)120(88)92)111-57-61-115(133-111)130(118-81(5)69-78(2)70-82(118)6)116-62-58-112(134-116)128(110-56-60-114(129)132-110)100-73-103(137-65-13-9-21-85-33-37-97-45-41-89-25-17-29-93-49-53-107(85)125(97)121(89)93)76-104(74-100)138-66-14-10-22-86-34-38-98-46-42-90-26-18-30-94-50-54-108(86)126(98)122(90)94/h15-18,23-62,67-76,131,134H,7-14,19-22,63-66H2,1-6H3. The minimum Gasteiger partial charge on any atom is -0.493 e. The van der Waals surface area contributed by atoms with E-state index in [-0.39, 0.29) is 0 Å². The second-order valence-electron chi connectivity index (χ2n) is 39.0. The van der Waals surface area contributed by atoms with Crippen molar-refractivity contribution in [3.05, 3.63) is 382 Å². The maximum Gasteiger partial charge on any atom is 0.123 e. The highest BCUT2D eigenvalue weighted by Gasteiger charge is 2.26. The van der Waals surface area contributed by atoms with Crippen LogP contribution in [0.1, 0.15) is 130 Å². The molecule has 8 nitrogen and oxygen atoms in total. The van der Waals surface area contributed by atoms with Crippen molar-refractivity contribution in [2.75, 3.05) is 26.4 Å². The first-order valence-corrected chi connectivity index (χ1v) is 49.6. The fourth-order valence-electron chi connectivity index (χ4n) is 23.7. The highest BCUT2D eigenvalue weighted by atomic mass is 16.5. The van der Waals surface area contributed by atoms with Gasteiger partial charge in [0, 0.05) is 56.5 Å². The van der Waals surface area contributed by atoms with Gasteiger partial charge in [-0.05, 0) is 387 Å². The molecule has 23 aromatic rings. The number of unbranched alkanes of at least 4 members (excludes halogenated alkanes) is 4. The summed E-state index contributed by atoms with van der Waals surface area (Å²) in [4.78, 5) is 20.2. The Labute approximate surface area is 803 Å². The summed E-state index contributed by atoms with van der Waals surface area (Å²) in [5.74, 6) is 2.95. The van der Waals surface area contributed by atoms with Gasteiger partial charge in [0.15, 0.2) is 0 Å². The largest absolute Gasteiger partial charge is 0.493 e. The summed E-state index contributed by atoms with van der Waals surface area (Å²) in [5, 5.41) is 31.6. The van der Waals surface area contributed by atoms with Crippen molar-refractivity contribution < 1.29 is 18.9 Å². The van der Waals surface area contributed by atoms with E-state index in [1.165, 1.54) is 163 Å². The number of hydrogen-bond donors (Lipinski definition) is 2. The molecule has 2 aliphatic rings. The molecule has 8 bridgehead atoms. The van der Waals surface area contributed by atoms with Crippen molar-refractivity contribution >= 4 is 176 Å². The third-order valence-corrected chi connectivity index (χ3v) is 29.9. The van der Waals surface area contributed by atoms with Crippen LogP contribution in [0.3, 0.4) is 0 Å². The molecule has 25 rings (SSSR count). The predicted molar refractivity (Wildman–Crippen MR) is 583 cm³/mol. The van der Waals surface area contributed by atoms with Crippen molar-refractivity contribution in [1.29, 1.82) is 0 Å². The van der Waals surface area contributed by atoms with Gasteiger partial charge in [0.2, 0.25) is 0 Å². The van der Waals surface area contributed by atoms with Crippen LogP contribution >= 0.6 is 0 Å². The van der Waals surface area contributed by atoms with Crippen LogP contribution in [0.2, 0.25) is 0 Å². The van der Waals surface area contributed by atoms with Gasteiger partial charge in [0.1, 0.15) is 23.0 Å². The van der Waals surface area contributed by atoms with Gasteiger partial charge in [-0.25, -0.2) is 9.97 Å². The maximum absolute atomic E-state index is 7.11. The molecule has 0 aliphatic carbocycles. The van der Waals surface area contributed by atoms with Crippen molar-refractivity contribution in [2.45, 2.75) is 119 Å². The summed E-state index contributed by atoms with van der Waals surface area (Å²) in [6.07, 6.45) is 19.9. The Bertz CT molecular complexity index is 8090. The van der Waals surface area contributed by atoms with E-state index in [0.29, 0.717) is 26.4 Å². The normalized spacial score (nSPS) is 12.4. The first-order chi connectivity index (χ1) is 67.8. The van der Waals surface area contributed by atoms with Gasteiger partial charge in [-0.1, -0.05) is 254 Å². The molecule has 670 valence electrons. The molecule has 0 saturated heterocycles. The van der Waals surface area contributed by atoms with Crippen LogP contribution in [0.5, 0.6) is 23.0 Å². The second kappa shape index (κ2) is 34.9. The number of H-pyrrole nitrogens is 2. The number of aryl methyl sites for hydroxylation is 10. The first-order valence-electron chi connectivity index (χ1n) is 49.6. The summed E-state index contributed by atoms with van der Waals surface area (Å²) < 4.78 is 28.5. The van der Waals surface area contributed by atoms with E-state index in [2.05, 4.69) is 379 Å². The summed E-state index contributed by atoms with van der Waals surface area (Å²) >= 11 is 0. The number of aromatic nitrogens is 4. The van der Waals surface area contributed by atoms with Crippen molar-refractivity contribution in [2.24, 2.45) is 0 Å². The molecule has 0 spiro atoms. The summed E-state index contributed by atoms with van der Waals surface area (Å²) in [7, 11) is 0. The van der Waals surface area contributed by atoms with E-state index in [0.717, 1.165) is 212 Å².